The van der Waals surface area contributed by atoms with Gasteiger partial charge in [0.05, 0.1) is 43.1 Å². The zero-order valence-corrected chi connectivity index (χ0v) is 51.5. The van der Waals surface area contributed by atoms with Crippen molar-refractivity contribution in [1.82, 2.24) is 0 Å². The number of Topliss-reactive ketones (excluding diaryl/α,β-unsaturated/α-hetero) is 8. The highest BCUT2D eigenvalue weighted by atomic mass is 16.5. The van der Waals surface area contributed by atoms with E-state index in [1.807, 2.05) is 0 Å². The number of carboxylic acid groups (broad SMARTS) is 4. The topological polar surface area (TPSA) is 404 Å². The summed E-state index contributed by atoms with van der Waals surface area (Å²) >= 11 is 0. The van der Waals surface area contributed by atoms with Crippen LogP contribution in [0.25, 0.3) is 0 Å². The Balaban J connectivity index is 0.000000334. The summed E-state index contributed by atoms with van der Waals surface area (Å²) in [6.07, 6.45) is 0.176. The molecule has 0 heterocycles. The lowest BCUT2D eigenvalue weighted by Crippen LogP contribution is -2.40. The molecule has 486 valence electrons. The van der Waals surface area contributed by atoms with E-state index in [1.54, 1.807) is 0 Å². The zero-order chi connectivity index (χ0) is 68.8. The lowest BCUT2D eigenvalue weighted by Gasteiger charge is -2.28. The third-order valence-electron chi connectivity index (χ3n) is 14.0. The molecular formula is C68H70O24. The number of aliphatic carboxylic acids is 2. The first-order chi connectivity index (χ1) is 42.8. The maximum Gasteiger partial charge on any atom is 0.336 e. The van der Waals surface area contributed by atoms with Crippen LogP contribution in [0.15, 0.2) is 132 Å². The molecule has 1 unspecified atom stereocenters. The molecule has 24 heteroatoms. The molecule has 0 saturated heterocycles. The normalized spacial score (nSPS) is 14.0. The zero-order valence-electron chi connectivity index (χ0n) is 51.5. The molecule has 8 N–H and O–H groups in total. The van der Waals surface area contributed by atoms with Gasteiger partial charge in [-0.1, -0.05) is 6.08 Å². The number of aliphatic hydroxyl groups is 4. The third kappa shape index (κ3) is 19.2. The predicted octanol–water partition coefficient (Wildman–Crippen LogP) is 7.68. The fourth-order valence-corrected chi connectivity index (χ4v) is 8.97. The minimum Gasteiger partial charge on any atom is -0.493 e. The van der Waals surface area contributed by atoms with Gasteiger partial charge in [0.15, 0.2) is 46.3 Å². The summed E-state index contributed by atoms with van der Waals surface area (Å²) in [6, 6.07) is 25.0. The summed E-state index contributed by atoms with van der Waals surface area (Å²) in [5.41, 5.74) is -10.3. The second-order valence-corrected chi connectivity index (χ2v) is 23.3. The Labute approximate surface area is 527 Å². The molecule has 0 bridgehead atoms. The van der Waals surface area contributed by atoms with Crippen LogP contribution in [0.3, 0.4) is 0 Å². The molecule has 0 aromatic heterocycles. The number of ether oxygens (including phenoxy) is 4. The summed E-state index contributed by atoms with van der Waals surface area (Å²) in [5, 5.41) is 78.7. The van der Waals surface area contributed by atoms with Crippen molar-refractivity contribution in [2.75, 3.05) is 26.4 Å². The van der Waals surface area contributed by atoms with Gasteiger partial charge in [0, 0.05) is 64.6 Å². The van der Waals surface area contributed by atoms with Crippen LogP contribution in [0, 0.1) is 5.41 Å². The van der Waals surface area contributed by atoms with E-state index in [4.69, 9.17) is 18.9 Å². The minimum atomic E-state index is -2.23. The summed E-state index contributed by atoms with van der Waals surface area (Å²) in [5.74, 6) is -9.94. The van der Waals surface area contributed by atoms with E-state index in [9.17, 15) is 98.4 Å². The van der Waals surface area contributed by atoms with Gasteiger partial charge >= 0.3 is 23.9 Å². The van der Waals surface area contributed by atoms with Crippen LogP contribution in [0.2, 0.25) is 0 Å². The van der Waals surface area contributed by atoms with E-state index in [0.29, 0.717) is 17.2 Å². The smallest absolute Gasteiger partial charge is 0.336 e. The van der Waals surface area contributed by atoms with Gasteiger partial charge in [-0.2, -0.15) is 0 Å². The fraction of sp³-hybridized carbons (Fsp3) is 0.324. The molecule has 0 fully saturated rings. The Morgan fingerprint density at radius 2 is 0.641 bits per heavy atom. The van der Waals surface area contributed by atoms with Gasteiger partial charge in [0.25, 0.3) is 0 Å². The van der Waals surface area contributed by atoms with E-state index in [1.165, 1.54) is 152 Å². The molecule has 5 aromatic carbocycles. The molecule has 6 rings (SSSR count). The number of carbonyl (C=O) groups is 12. The molecule has 0 amide bonds. The fourth-order valence-electron chi connectivity index (χ4n) is 8.97. The Hall–Kier alpha value is -10.1. The van der Waals surface area contributed by atoms with Crippen LogP contribution < -0.4 is 18.9 Å². The van der Waals surface area contributed by atoms with Gasteiger partial charge in [-0.25, -0.2) is 14.4 Å². The Morgan fingerprint density at radius 3 is 0.902 bits per heavy atom. The van der Waals surface area contributed by atoms with Crippen molar-refractivity contribution in [3.63, 3.8) is 0 Å². The molecule has 1 atom stereocenters. The van der Waals surface area contributed by atoms with Crippen molar-refractivity contribution < 1.29 is 117 Å². The first kappa shape index (κ1) is 72.6. The first-order valence-electron chi connectivity index (χ1n) is 28.4. The first-order valence-corrected chi connectivity index (χ1v) is 28.4. The lowest BCUT2D eigenvalue weighted by molar-refractivity contribution is -0.151. The highest BCUT2D eigenvalue weighted by Gasteiger charge is 2.47. The molecule has 0 saturated carbocycles. The molecular weight excluding hydrogens is 1200 g/mol. The van der Waals surface area contributed by atoms with E-state index < -0.39 is 128 Å². The van der Waals surface area contributed by atoms with Crippen molar-refractivity contribution in [2.45, 2.75) is 110 Å². The molecule has 92 heavy (non-hydrogen) atoms. The van der Waals surface area contributed by atoms with Gasteiger partial charge in [-0.3, -0.25) is 43.2 Å². The van der Waals surface area contributed by atoms with Crippen LogP contribution in [0.5, 0.6) is 23.0 Å². The van der Waals surface area contributed by atoms with Crippen LogP contribution >= 0.6 is 0 Å². The van der Waals surface area contributed by atoms with Gasteiger partial charge in [0.1, 0.15) is 50.8 Å². The predicted molar refractivity (Wildman–Crippen MR) is 326 cm³/mol. The number of benzene rings is 5. The largest absolute Gasteiger partial charge is 0.493 e. The number of hydrogen-bond donors (Lipinski definition) is 8. The molecule has 0 radical (unpaired) electrons. The summed E-state index contributed by atoms with van der Waals surface area (Å²) in [6.45, 7) is 10.1. The Bertz CT molecular complexity index is 3610. The van der Waals surface area contributed by atoms with Gasteiger partial charge < -0.3 is 59.8 Å². The molecule has 1 aliphatic carbocycles. The number of hydrogen-bond acceptors (Lipinski definition) is 20. The number of rotatable bonds is 32. The van der Waals surface area contributed by atoms with Crippen molar-refractivity contribution >= 4 is 70.1 Å². The van der Waals surface area contributed by atoms with E-state index in [-0.39, 0.29) is 90.4 Å². The Kier molecular flexibility index (Phi) is 23.8. The molecule has 24 nitrogen and oxygen atoms in total. The van der Waals surface area contributed by atoms with Crippen molar-refractivity contribution in [3.8, 4) is 23.0 Å². The number of allylic oxidation sites excluding steroid dienone is 1. The average molecular weight is 1270 g/mol. The third-order valence-corrected chi connectivity index (χ3v) is 14.0. The van der Waals surface area contributed by atoms with Gasteiger partial charge in [-0.15, -0.1) is 0 Å². The molecule has 5 aromatic rings. The van der Waals surface area contributed by atoms with Crippen molar-refractivity contribution in [1.29, 1.82) is 0 Å². The quantitative estimate of drug-likeness (QED) is 0.0151. The highest BCUT2D eigenvalue weighted by molar-refractivity contribution is 6.15. The minimum absolute atomic E-state index is 0.158. The SMILES string of the molecule is CC(C)(O)C(=O)c1ccc(OCCC(=O)C2=CCC(C(=O)O)(C(=O)CCOc3ccc(C(=O)C(C)(C)O)cc3)C=C2C(=O)O)cc1.CC(C)(O)C(=O)c1ccc(OCCC(=O)c2cc(C(=O)CCOc3ccc(C(=O)C(C)(C)O)cc3)c(C(=O)O)cc2C(=O)O)cc1. The lowest BCUT2D eigenvalue weighted by atomic mass is 9.72. The maximum absolute atomic E-state index is 13.2. The molecule has 0 aliphatic heterocycles. The number of carboxylic acids is 4. The molecule has 0 spiro atoms. The standard InChI is InChI=1S/C34H36O12.C34H34O12/c1-32(2,43)28(37)20-5-9-22(10-6-20)45-17-14-26(35)24-13-16-34(31(41)42,19-25(24)30(39)40)27(36)15-18-46-23-11-7-21(8-12-23)29(38)33(3,4)44;1-33(2,43)29(37)19-5-9-21(10-6-19)45-15-13-27(35)23-17-24(26(32(41)42)18-25(23)31(39)40)28(36)14-16-46-22-11-7-20(8-12-22)30(38)34(3,4)44/h5-13,19,43-44H,14-18H2,1-4H3,(H,39,40)(H,41,42);5-12,17-18,43-44H,13-16H2,1-4H3,(H,39,40)(H,41,42). The van der Waals surface area contributed by atoms with Gasteiger partial charge in [-0.05, 0) is 177 Å². The number of carbonyl (C=O) groups excluding carboxylic acids is 8. The van der Waals surface area contributed by atoms with Crippen LogP contribution in [-0.2, 0) is 19.2 Å². The van der Waals surface area contributed by atoms with Gasteiger partial charge in [0.2, 0.25) is 0 Å². The van der Waals surface area contributed by atoms with E-state index >= 15 is 0 Å². The summed E-state index contributed by atoms with van der Waals surface area (Å²) in [4.78, 5) is 149. The average Bonchev–Trinajstić information content (AvgIpc) is 0.782. The second-order valence-electron chi connectivity index (χ2n) is 23.3. The van der Waals surface area contributed by atoms with Crippen LogP contribution in [0.4, 0.5) is 0 Å². The molecule has 1 aliphatic rings. The second kappa shape index (κ2) is 30.1. The van der Waals surface area contributed by atoms with E-state index in [2.05, 4.69) is 0 Å². The van der Waals surface area contributed by atoms with Crippen molar-refractivity contribution in [3.05, 3.63) is 177 Å². The number of aromatic carboxylic acids is 2. The summed E-state index contributed by atoms with van der Waals surface area (Å²) in [7, 11) is 0. The van der Waals surface area contributed by atoms with E-state index in [0.717, 1.165) is 24.3 Å². The monoisotopic (exact) mass is 1270 g/mol. The maximum atomic E-state index is 13.2. The Morgan fingerprint density at radius 1 is 0.370 bits per heavy atom. The number of ketones is 8. The van der Waals surface area contributed by atoms with Crippen molar-refractivity contribution in [2.24, 2.45) is 5.41 Å². The van der Waals surface area contributed by atoms with Crippen LogP contribution in [0.1, 0.15) is 170 Å². The van der Waals surface area contributed by atoms with Crippen LogP contribution in [-0.4, -0.2) is 160 Å². The highest BCUT2D eigenvalue weighted by Crippen LogP contribution is 2.37. The summed E-state index contributed by atoms with van der Waals surface area (Å²) < 4.78 is 22.1.